The zero-order valence-electron chi connectivity index (χ0n) is 13.9. The molecule has 0 aliphatic rings. The van der Waals surface area contributed by atoms with Crippen LogP contribution in [0.5, 0.6) is 0 Å². The molecule has 0 aromatic heterocycles. The Labute approximate surface area is 147 Å². The SMILES string of the molecule is CC(C)(C)C(=O)NCc1ccc(Cl)c(C(=O)Nc2cc#ccc2)c1. The molecule has 0 aliphatic carbocycles. The van der Waals surface area contributed by atoms with Gasteiger partial charge in [-0.25, -0.2) is 0 Å². The Morgan fingerprint density at radius 2 is 1.92 bits per heavy atom. The molecule has 0 spiro atoms. The van der Waals surface area contributed by atoms with Crippen LogP contribution in [-0.2, 0) is 11.3 Å². The van der Waals surface area contributed by atoms with Crippen molar-refractivity contribution in [2.24, 2.45) is 5.41 Å². The molecule has 0 bridgehead atoms. The van der Waals surface area contributed by atoms with Gasteiger partial charge in [-0.3, -0.25) is 9.59 Å². The molecule has 0 radical (unpaired) electrons. The second-order valence-electron chi connectivity index (χ2n) is 6.42. The Bertz CT molecular complexity index is 737. The Balaban J connectivity index is 2.11. The van der Waals surface area contributed by atoms with E-state index in [0.29, 0.717) is 22.8 Å². The number of rotatable bonds is 4. The van der Waals surface area contributed by atoms with Crippen LogP contribution in [0.25, 0.3) is 0 Å². The maximum Gasteiger partial charge on any atom is 0.257 e. The molecular formula is C19H19ClN2O2. The maximum absolute atomic E-state index is 12.4. The molecule has 0 atom stereocenters. The van der Waals surface area contributed by atoms with E-state index in [9.17, 15) is 9.59 Å². The molecule has 2 rings (SSSR count). The summed E-state index contributed by atoms with van der Waals surface area (Å²) >= 11 is 6.13. The molecule has 124 valence electrons. The summed E-state index contributed by atoms with van der Waals surface area (Å²) in [5.41, 5.74) is 1.30. The minimum absolute atomic E-state index is 0.0560. The summed E-state index contributed by atoms with van der Waals surface area (Å²) < 4.78 is 0. The fourth-order valence-corrected chi connectivity index (χ4v) is 2.13. The molecule has 2 amide bonds. The number of halogens is 1. The lowest BCUT2D eigenvalue weighted by Gasteiger charge is -2.18. The van der Waals surface area contributed by atoms with Crippen LogP contribution in [0.3, 0.4) is 0 Å². The van der Waals surface area contributed by atoms with Crippen LogP contribution in [0.2, 0.25) is 5.02 Å². The second-order valence-corrected chi connectivity index (χ2v) is 6.83. The van der Waals surface area contributed by atoms with Gasteiger partial charge in [0.05, 0.1) is 16.3 Å². The van der Waals surface area contributed by atoms with Gasteiger partial charge in [-0.05, 0) is 29.8 Å². The van der Waals surface area contributed by atoms with Crippen molar-refractivity contribution in [1.29, 1.82) is 0 Å². The summed E-state index contributed by atoms with van der Waals surface area (Å²) in [5.74, 6) is -0.372. The van der Waals surface area contributed by atoms with Gasteiger partial charge in [-0.1, -0.05) is 50.6 Å². The average molecular weight is 343 g/mol. The van der Waals surface area contributed by atoms with Gasteiger partial charge in [0.25, 0.3) is 5.91 Å². The molecule has 5 heteroatoms. The molecule has 0 heterocycles. The summed E-state index contributed by atoms with van der Waals surface area (Å²) in [5, 5.41) is 5.96. The largest absolute Gasteiger partial charge is 0.352 e. The van der Waals surface area contributed by atoms with Gasteiger partial charge in [0.1, 0.15) is 0 Å². The zero-order valence-corrected chi connectivity index (χ0v) is 14.6. The monoisotopic (exact) mass is 342 g/mol. The second kappa shape index (κ2) is 7.37. The maximum atomic E-state index is 12.4. The summed E-state index contributed by atoms with van der Waals surface area (Å²) in [7, 11) is 0. The number of carbonyl (C=O) groups is 2. The summed E-state index contributed by atoms with van der Waals surface area (Å²) in [6.45, 7) is 5.87. The normalized spacial score (nSPS) is 10.7. The van der Waals surface area contributed by atoms with Gasteiger partial charge in [0.15, 0.2) is 0 Å². The highest BCUT2D eigenvalue weighted by molar-refractivity contribution is 6.34. The highest BCUT2D eigenvalue weighted by atomic mass is 35.5. The third-order valence-electron chi connectivity index (χ3n) is 3.32. The van der Waals surface area contributed by atoms with Crippen molar-refractivity contribution in [3.05, 3.63) is 64.7 Å². The number of hydrogen-bond acceptors (Lipinski definition) is 2. The molecular weight excluding hydrogens is 324 g/mol. The van der Waals surface area contributed by atoms with Crippen LogP contribution in [0.1, 0.15) is 36.7 Å². The molecule has 0 saturated carbocycles. The van der Waals surface area contributed by atoms with Crippen molar-refractivity contribution in [3.63, 3.8) is 0 Å². The number of carbonyl (C=O) groups excluding carboxylic acids is 2. The van der Waals surface area contributed by atoms with Gasteiger partial charge >= 0.3 is 0 Å². The highest BCUT2D eigenvalue weighted by Crippen LogP contribution is 2.20. The first-order valence-corrected chi connectivity index (χ1v) is 7.91. The molecule has 2 aromatic rings. The quantitative estimate of drug-likeness (QED) is 0.886. The van der Waals surface area contributed by atoms with Crippen LogP contribution in [0.4, 0.5) is 5.69 Å². The van der Waals surface area contributed by atoms with Crippen molar-refractivity contribution < 1.29 is 9.59 Å². The van der Waals surface area contributed by atoms with Gasteiger partial charge < -0.3 is 10.6 Å². The predicted molar refractivity (Wildman–Crippen MR) is 94.8 cm³/mol. The summed E-state index contributed by atoms with van der Waals surface area (Å²) in [6, 6.07) is 15.7. The molecule has 0 unspecified atom stereocenters. The van der Waals surface area contributed by atoms with Crippen LogP contribution in [-0.4, -0.2) is 11.8 Å². The molecule has 2 aromatic carbocycles. The van der Waals surface area contributed by atoms with E-state index in [2.05, 4.69) is 22.8 Å². The van der Waals surface area contributed by atoms with Crippen molar-refractivity contribution in [3.8, 4) is 0 Å². The first kappa shape index (κ1) is 17.8. The highest BCUT2D eigenvalue weighted by Gasteiger charge is 2.20. The van der Waals surface area contributed by atoms with Crippen LogP contribution >= 0.6 is 11.6 Å². The number of nitrogens with one attached hydrogen (secondary N) is 2. The number of hydrogen-bond donors (Lipinski definition) is 2. The average Bonchev–Trinajstić information content (AvgIpc) is 2.53. The minimum atomic E-state index is -0.465. The Morgan fingerprint density at radius 3 is 2.54 bits per heavy atom. The van der Waals surface area contributed by atoms with Gasteiger partial charge in [0.2, 0.25) is 5.91 Å². The van der Waals surface area contributed by atoms with E-state index in [1.165, 1.54) is 0 Å². The van der Waals surface area contributed by atoms with E-state index in [-0.39, 0.29) is 11.8 Å². The van der Waals surface area contributed by atoms with Gasteiger partial charge in [0, 0.05) is 18.0 Å². The summed E-state index contributed by atoms with van der Waals surface area (Å²) in [4.78, 5) is 24.3. The number of benzene rings is 1. The smallest absolute Gasteiger partial charge is 0.257 e. The standard InChI is InChI=1S/C19H19ClN2O2/c1-19(2,3)18(24)21-12-13-9-10-16(20)15(11-13)17(23)22-14-7-5-4-6-8-14/h5,7-11H,12H2,1-3H3,(H,21,24)(H,22,23). The first-order chi connectivity index (χ1) is 11.3. The minimum Gasteiger partial charge on any atom is -0.352 e. The van der Waals surface area contributed by atoms with Gasteiger partial charge in [-0.15, -0.1) is 0 Å². The molecule has 0 saturated heterocycles. The number of amides is 2. The molecule has 2 N–H and O–H groups in total. The van der Waals surface area contributed by atoms with Crippen molar-refractivity contribution >= 4 is 29.1 Å². The zero-order chi connectivity index (χ0) is 17.7. The van der Waals surface area contributed by atoms with Crippen LogP contribution in [0, 0.1) is 17.5 Å². The lowest BCUT2D eigenvalue weighted by molar-refractivity contribution is -0.128. The molecule has 24 heavy (non-hydrogen) atoms. The fraction of sp³-hybridized carbons (Fsp3) is 0.263. The third-order valence-corrected chi connectivity index (χ3v) is 3.65. The van der Waals surface area contributed by atoms with Gasteiger partial charge in [-0.2, -0.15) is 0 Å². The van der Waals surface area contributed by atoms with Crippen molar-refractivity contribution in [2.75, 3.05) is 5.32 Å². The first-order valence-electron chi connectivity index (χ1n) is 7.53. The molecule has 4 nitrogen and oxygen atoms in total. The van der Waals surface area contributed by atoms with Crippen molar-refractivity contribution in [2.45, 2.75) is 27.3 Å². The van der Waals surface area contributed by atoms with Crippen LogP contribution < -0.4 is 10.6 Å². The number of anilines is 1. The lowest BCUT2D eigenvalue weighted by Crippen LogP contribution is -2.34. The van der Waals surface area contributed by atoms with E-state index >= 15 is 0 Å². The Hall–Kier alpha value is -2.51. The van der Waals surface area contributed by atoms with E-state index in [1.807, 2.05) is 20.8 Å². The fourth-order valence-electron chi connectivity index (χ4n) is 1.93. The Morgan fingerprint density at radius 1 is 1.17 bits per heavy atom. The van der Waals surface area contributed by atoms with E-state index in [1.54, 1.807) is 36.4 Å². The predicted octanol–water partition coefficient (Wildman–Crippen LogP) is 3.85. The van der Waals surface area contributed by atoms with E-state index < -0.39 is 5.41 Å². The third kappa shape index (κ3) is 4.74. The molecule has 0 aliphatic heterocycles. The lowest BCUT2D eigenvalue weighted by atomic mass is 9.95. The summed E-state index contributed by atoms with van der Waals surface area (Å²) in [6.07, 6.45) is 0. The molecule has 0 fully saturated rings. The Kier molecular flexibility index (Phi) is 5.48. The van der Waals surface area contributed by atoms with Crippen LogP contribution in [0.15, 0.2) is 36.4 Å². The van der Waals surface area contributed by atoms with Crippen molar-refractivity contribution in [1.82, 2.24) is 5.32 Å². The van der Waals surface area contributed by atoms with E-state index in [4.69, 9.17) is 11.6 Å². The van der Waals surface area contributed by atoms with E-state index in [0.717, 1.165) is 5.56 Å². The topological polar surface area (TPSA) is 58.2 Å².